The molecule has 29 heavy (non-hydrogen) atoms. The zero-order valence-electron chi connectivity index (χ0n) is 16.4. The van der Waals surface area contributed by atoms with E-state index in [1.165, 1.54) is 22.5 Å². The molecule has 7 heteroatoms. The van der Waals surface area contributed by atoms with Gasteiger partial charge in [0.2, 0.25) is 0 Å². The first-order chi connectivity index (χ1) is 14.2. The maximum atomic E-state index is 5.71. The lowest BCUT2D eigenvalue weighted by atomic mass is 10.0. The molecule has 3 heterocycles. The van der Waals surface area contributed by atoms with Crippen molar-refractivity contribution < 1.29 is 0 Å². The minimum atomic E-state index is 0.324. The predicted octanol–water partition coefficient (Wildman–Crippen LogP) is 5.41. The van der Waals surface area contributed by atoms with Gasteiger partial charge in [0.05, 0.1) is 22.9 Å². The van der Waals surface area contributed by atoms with Crippen LogP contribution in [-0.2, 0) is 13.7 Å². The van der Waals surface area contributed by atoms with Crippen molar-refractivity contribution in [1.29, 1.82) is 0 Å². The zero-order chi connectivity index (χ0) is 19.8. The Morgan fingerprint density at radius 3 is 2.69 bits per heavy atom. The Kier molecular flexibility index (Phi) is 5.03. The lowest BCUT2D eigenvalue weighted by Gasteiger charge is -2.34. The fraction of sp³-hybridized carbons (Fsp3) is 0.318. The first-order valence-electron chi connectivity index (χ1n) is 9.99. The molecule has 0 amide bonds. The molecule has 0 N–H and O–H groups in total. The normalized spacial score (nSPS) is 17.8. The standard InChI is InChI=1S/C22H23N5S2/c1-25-20(16-9-3-2-4-10-16)24-27(22(25)28)15-26-14-8-7-12-18(26)21-23-17-11-5-6-13-19(17)29-21/h2-6,9-11,13,18H,7-8,12,14-15H2,1H3/t18-/m0/s1. The fourth-order valence-corrected chi connectivity index (χ4v) is 5.39. The molecule has 0 bridgehead atoms. The molecule has 148 valence electrons. The Morgan fingerprint density at radius 1 is 1.07 bits per heavy atom. The summed E-state index contributed by atoms with van der Waals surface area (Å²) in [5.74, 6) is 0.907. The van der Waals surface area contributed by atoms with Crippen LogP contribution in [0, 0.1) is 4.77 Å². The smallest absolute Gasteiger partial charge is 0.199 e. The summed E-state index contributed by atoms with van der Waals surface area (Å²) >= 11 is 7.53. The SMILES string of the molecule is Cn1c(-c2ccccc2)nn(CN2CCCC[C@H]2c2nc3ccccc3s2)c1=S. The molecule has 0 spiro atoms. The Labute approximate surface area is 179 Å². The molecule has 2 aromatic carbocycles. The van der Waals surface area contributed by atoms with Gasteiger partial charge in [-0.2, -0.15) is 5.10 Å². The molecule has 0 saturated carbocycles. The minimum absolute atomic E-state index is 0.324. The summed E-state index contributed by atoms with van der Waals surface area (Å²) in [5.41, 5.74) is 2.18. The maximum absolute atomic E-state index is 5.71. The quantitative estimate of drug-likeness (QED) is 0.413. The van der Waals surface area contributed by atoms with Crippen LogP contribution in [0.5, 0.6) is 0 Å². The van der Waals surface area contributed by atoms with E-state index in [2.05, 4.69) is 41.3 Å². The highest BCUT2D eigenvalue weighted by Gasteiger charge is 2.27. The highest BCUT2D eigenvalue weighted by atomic mass is 32.1. The average molecular weight is 422 g/mol. The van der Waals surface area contributed by atoms with Gasteiger partial charge in [-0.3, -0.25) is 4.90 Å². The number of thiazole rings is 1. The maximum Gasteiger partial charge on any atom is 0.199 e. The van der Waals surface area contributed by atoms with Crippen LogP contribution in [-0.4, -0.2) is 30.8 Å². The third-order valence-electron chi connectivity index (χ3n) is 5.60. The summed E-state index contributed by atoms with van der Waals surface area (Å²) in [6, 6.07) is 19.0. The van der Waals surface area contributed by atoms with Gasteiger partial charge in [-0.05, 0) is 37.2 Å². The van der Waals surface area contributed by atoms with Crippen LogP contribution in [0.4, 0.5) is 0 Å². The second kappa shape index (κ2) is 7.82. The van der Waals surface area contributed by atoms with Crippen LogP contribution in [0.15, 0.2) is 54.6 Å². The monoisotopic (exact) mass is 421 g/mol. The van der Waals surface area contributed by atoms with Gasteiger partial charge in [0.15, 0.2) is 10.6 Å². The Balaban J connectivity index is 1.46. The third kappa shape index (κ3) is 3.54. The Hall–Kier alpha value is -2.35. The molecule has 1 saturated heterocycles. The molecular weight excluding hydrogens is 398 g/mol. The van der Waals surface area contributed by atoms with Crippen LogP contribution in [0.25, 0.3) is 21.6 Å². The third-order valence-corrected chi connectivity index (χ3v) is 7.22. The second-order valence-electron chi connectivity index (χ2n) is 7.52. The van der Waals surface area contributed by atoms with Gasteiger partial charge in [-0.25, -0.2) is 9.67 Å². The molecule has 1 atom stereocenters. The van der Waals surface area contributed by atoms with Crippen molar-refractivity contribution in [2.45, 2.75) is 32.0 Å². The lowest BCUT2D eigenvalue weighted by molar-refractivity contribution is 0.103. The van der Waals surface area contributed by atoms with Crippen LogP contribution in [0.1, 0.15) is 30.3 Å². The first kappa shape index (κ1) is 18.7. The minimum Gasteiger partial charge on any atom is -0.303 e. The summed E-state index contributed by atoms with van der Waals surface area (Å²) in [4.78, 5) is 7.42. The van der Waals surface area contributed by atoms with Gasteiger partial charge in [-0.15, -0.1) is 11.3 Å². The molecule has 5 nitrogen and oxygen atoms in total. The van der Waals surface area contributed by atoms with Crippen molar-refractivity contribution in [3.63, 3.8) is 0 Å². The van der Waals surface area contributed by atoms with Crippen LogP contribution in [0.3, 0.4) is 0 Å². The largest absolute Gasteiger partial charge is 0.303 e. The Bertz CT molecular complexity index is 1160. The fourth-order valence-electron chi connectivity index (χ4n) is 4.06. The number of aromatic nitrogens is 4. The van der Waals surface area contributed by atoms with Crippen molar-refractivity contribution >= 4 is 33.8 Å². The second-order valence-corrected chi connectivity index (χ2v) is 8.94. The van der Waals surface area contributed by atoms with Crippen LogP contribution >= 0.6 is 23.6 Å². The molecule has 0 radical (unpaired) electrons. The number of likely N-dealkylation sites (tertiary alicyclic amines) is 1. The van der Waals surface area contributed by atoms with Crippen LogP contribution < -0.4 is 0 Å². The van der Waals surface area contributed by atoms with E-state index in [0.29, 0.717) is 12.7 Å². The number of fused-ring (bicyclic) bond motifs is 1. The molecule has 5 rings (SSSR count). The van der Waals surface area contributed by atoms with Gasteiger partial charge in [-0.1, -0.05) is 48.9 Å². The molecule has 0 unspecified atom stereocenters. The Morgan fingerprint density at radius 2 is 1.86 bits per heavy atom. The van der Waals surface area contributed by atoms with E-state index in [4.69, 9.17) is 22.3 Å². The number of hydrogen-bond donors (Lipinski definition) is 0. The van der Waals surface area contributed by atoms with E-state index in [1.807, 2.05) is 45.8 Å². The van der Waals surface area contributed by atoms with Crippen molar-refractivity contribution in [1.82, 2.24) is 24.2 Å². The summed E-state index contributed by atoms with van der Waals surface area (Å²) in [6.45, 7) is 1.74. The number of piperidine rings is 1. The highest BCUT2D eigenvalue weighted by molar-refractivity contribution is 7.71. The molecule has 0 aliphatic carbocycles. The summed E-state index contributed by atoms with van der Waals surface area (Å²) in [7, 11) is 2.00. The molecule has 1 fully saturated rings. The average Bonchev–Trinajstić information content (AvgIpc) is 3.31. The van der Waals surface area contributed by atoms with E-state index >= 15 is 0 Å². The highest BCUT2D eigenvalue weighted by Crippen LogP contribution is 2.36. The van der Waals surface area contributed by atoms with E-state index in [9.17, 15) is 0 Å². The topological polar surface area (TPSA) is 38.9 Å². The summed E-state index contributed by atoms with van der Waals surface area (Å²) in [6.07, 6.45) is 3.57. The van der Waals surface area contributed by atoms with Gasteiger partial charge < -0.3 is 4.57 Å². The van der Waals surface area contributed by atoms with E-state index in [-0.39, 0.29) is 0 Å². The number of benzene rings is 2. The first-order valence-corrected chi connectivity index (χ1v) is 11.2. The number of hydrogen-bond acceptors (Lipinski definition) is 5. The van der Waals surface area contributed by atoms with Crippen molar-refractivity contribution in [2.24, 2.45) is 7.05 Å². The number of para-hydroxylation sites is 1. The van der Waals surface area contributed by atoms with Crippen LogP contribution in [0.2, 0.25) is 0 Å². The molecular formula is C22H23N5S2. The number of nitrogens with zero attached hydrogens (tertiary/aromatic N) is 5. The van der Waals surface area contributed by atoms with E-state index in [1.54, 1.807) is 0 Å². The van der Waals surface area contributed by atoms with Crippen molar-refractivity contribution in [3.8, 4) is 11.4 Å². The van der Waals surface area contributed by atoms with Gasteiger partial charge in [0.1, 0.15) is 5.01 Å². The van der Waals surface area contributed by atoms with E-state index in [0.717, 1.165) is 34.6 Å². The lowest BCUT2D eigenvalue weighted by Crippen LogP contribution is -2.35. The van der Waals surface area contributed by atoms with Crippen molar-refractivity contribution in [3.05, 3.63) is 64.4 Å². The summed E-state index contributed by atoms with van der Waals surface area (Å²) in [5, 5.41) is 6.07. The van der Waals surface area contributed by atoms with Gasteiger partial charge in [0, 0.05) is 19.2 Å². The molecule has 1 aliphatic heterocycles. The predicted molar refractivity (Wildman–Crippen MR) is 120 cm³/mol. The zero-order valence-corrected chi connectivity index (χ0v) is 18.0. The van der Waals surface area contributed by atoms with E-state index < -0.39 is 0 Å². The number of rotatable bonds is 4. The molecule has 2 aromatic heterocycles. The van der Waals surface area contributed by atoms with Gasteiger partial charge >= 0.3 is 0 Å². The summed E-state index contributed by atoms with van der Waals surface area (Å²) < 4.78 is 5.97. The van der Waals surface area contributed by atoms with Gasteiger partial charge in [0.25, 0.3) is 0 Å². The van der Waals surface area contributed by atoms with Crippen molar-refractivity contribution in [2.75, 3.05) is 6.54 Å². The molecule has 4 aromatic rings. The molecule has 1 aliphatic rings.